The van der Waals surface area contributed by atoms with Crippen LogP contribution in [0.25, 0.3) is 0 Å². The van der Waals surface area contributed by atoms with Gasteiger partial charge in [0.1, 0.15) is 24.2 Å². The lowest BCUT2D eigenvalue weighted by atomic mass is 9.75. The molecule has 7 amide bonds. The van der Waals surface area contributed by atoms with Crippen molar-refractivity contribution in [3.05, 3.63) is 71.8 Å². The standard InChI is InChI=1S/C52H73N9O8S2/c1-29(54-7)45(64)58-34-22-24-70-36-26-51(2,3)40(39(36)43(34)63)46(65)59-41(30-14-10-8-11-15-30)47(66)55-32-18-20-33(21-19-32)56-48(67)42(31-16-12-9-13-17-31)60-49(68)44-52(4,5)27-38-61(44)50(69)35(23-25-71-38)57-37(62)28-53-6/h8-17,29,32-36,38-42,44,53-54H,18-28H2,1-7H3,(H,55,66)(H,56,67)(H,57,62)(H,58,64)(H,59,65)(H,60,68)/t29-,32?,33?,34-,35-,36-,38-,39?,40+,41?,42-,44+/m0/s1. The van der Waals surface area contributed by atoms with Crippen molar-refractivity contribution in [1.82, 2.24) is 47.4 Å². The minimum Gasteiger partial charge on any atom is -0.351 e. The van der Waals surface area contributed by atoms with Gasteiger partial charge >= 0.3 is 0 Å². The molecule has 5 aliphatic rings. The van der Waals surface area contributed by atoms with Gasteiger partial charge in [0.25, 0.3) is 0 Å². The van der Waals surface area contributed by atoms with Crippen LogP contribution in [0.1, 0.15) is 109 Å². The number of nitrogens with one attached hydrogen (secondary N) is 8. The van der Waals surface area contributed by atoms with Gasteiger partial charge in [-0.1, -0.05) is 88.4 Å². The first kappa shape index (κ1) is 53.8. The molecule has 2 aromatic rings. The van der Waals surface area contributed by atoms with E-state index in [0.717, 1.165) is 0 Å². The van der Waals surface area contributed by atoms with Crippen LogP contribution in [0.5, 0.6) is 0 Å². The zero-order valence-corrected chi connectivity index (χ0v) is 43.6. The molecule has 0 radical (unpaired) electrons. The van der Waals surface area contributed by atoms with Gasteiger partial charge in [-0.25, -0.2) is 0 Å². The largest absolute Gasteiger partial charge is 0.351 e. The summed E-state index contributed by atoms with van der Waals surface area (Å²) in [6.45, 7) is 9.68. The van der Waals surface area contributed by atoms with Gasteiger partial charge in [-0.15, -0.1) is 11.8 Å². The van der Waals surface area contributed by atoms with Crippen molar-refractivity contribution in [3.63, 3.8) is 0 Å². The van der Waals surface area contributed by atoms with Gasteiger partial charge in [0, 0.05) is 23.3 Å². The molecule has 0 spiro atoms. The number of nitrogens with zero attached hydrogens (tertiary/aromatic N) is 1. The topological polar surface area (TPSA) is 236 Å². The van der Waals surface area contributed by atoms with Crippen LogP contribution in [0, 0.1) is 22.7 Å². The fourth-order valence-electron chi connectivity index (χ4n) is 11.3. The van der Waals surface area contributed by atoms with E-state index in [2.05, 4.69) is 42.5 Å². The molecule has 0 bridgehead atoms. The number of thioether (sulfide) groups is 2. The van der Waals surface area contributed by atoms with Crippen molar-refractivity contribution in [2.24, 2.45) is 22.7 Å². The Morgan fingerprint density at radius 1 is 0.648 bits per heavy atom. The van der Waals surface area contributed by atoms with Gasteiger partial charge < -0.3 is 47.4 Å². The Balaban J connectivity index is 1.00. The van der Waals surface area contributed by atoms with E-state index in [9.17, 15) is 38.4 Å². The predicted octanol–water partition coefficient (Wildman–Crippen LogP) is 2.87. The number of likely N-dealkylation sites (N-methyl/N-ethyl adjacent to an activating group) is 2. The first-order valence-electron chi connectivity index (χ1n) is 25.2. The van der Waals surface area contributed by atoms with E-state index in [1.54, 1.807) is 85.8 Å². The van der Waals surface area contributed by atoms with Gasteiger partial charge in [-0.2, -0.15) is 11.8 Å². The molecule has 3 heterocycles. The highest BCUT2D eigenvalue weighted by Crippen LogP contribution is 2.53. The van der Waals surface area contributed by atoms with Gasteiger partial charge in [0.05, 0.1) is 29.9 Å². The zero-order valence-electron chi connectivity index (χ0n) is 42.0. The van der Waals surface area contributed by atoms with Crippen molar-refractivity contribution in [2.75, 3.05) is 32.1 Å². The summed E-state index contributed by atoms with van der Waals surface area (Å²) in [5, 5.41) is 23.6. The fourth-order valence-corrected chi connectivity index (χ4v) is 14.6. The van der Waals surface area contributed by atoms with E-state index in [1.165, 1.54) is 0 Å². The number of hydrogen-bond donors (Lipinski definition) is 8. The Labute approximate surface area is 426 Å². The second-order valence-electron chi connectivity index (χ2n) is 21.2. The minimum atomic E-state index is -1.06. The molecular formula is C52H73N9O8S2. The molecule has 5 fully saturated rings. The first-order chi connectivity index (χ1) is 33.8. The zero-order chi connectivity index (χ0) is 51.2. The molecule has 8 N–H and O–H groups in total. The van der Waals surface area contributed by atoms with Crippen LogP contribution in [0.2, 0.25) is 0 Å². The molecule has 2 aliphatic carbocycles. The first-order valence-corrected chi connectivity index (χ1v) is 27.2. The highest BCUT2D eigenvalue weighted by Gasteiger charge is 2.58. The molecule has 2 unspecified atom stereocenters. The maximum absolute atomic E-state index is 14.6. The molecular weight excluding hydrogens is 943 g/mol. The SMILES string of the molecule is CNCC(=O)N[C@H]1CCS[C@H]2CC(C)(C)[C@@H](C(=O)N[C@H](C(=O)NC3CCC(NC(=O)C(NC(=O)[C@H]4C5C(=O)[C@@H](NC(=O)[C@H](C)NC)CCS[C@H]5CC4(C)C)c4ccccc4)CC3)c3ccccc3)N2C1=O. The van der Waals surface area contributed by atoms with E-state index in [4.69, 9.17) is 0 Å². The number of ketones is 1. The van der Waals surface area contributed by atoms with E-state index < -0.39 is 70.7 Å². The van der Waals surface area contributed by atoms with Gasteiger partial charge in [-0.3, -0.25) is 38.4 Å². The molecule has 0 aromatic heterocycles. The number of carbonyl (C=O) groups excluding carboxylic acids is 8. The molecule has 3 saturated heterocycles. The average Bonchev–Trinajstić information content (AvgIpc) is 3.66. The summed E-state index contributed by atoms with van der Waals surface area (Å²) < 4.78 is 0. The molecule has 2 aromatic carbocycles. The molecule has 10 atom stereocenters. The molecule has 7 rings (SSSR count). The second-order valence-corrected chi connectivity index (χ2v) is 23.9. The Morgan fingerprint density at radius 3 is 1.73 bits per heavy atom. The third-order valence-corrected chi connectivity index (χ3v) is 17.8. The summed E-state index contributed by atoms with van der Waals surface area (Å²) >= 11 is 3.27. The fraction of sp³-hybridized carbons (Fsp3) is 0.615. The molecule has 386 valence electrons. The normalized spacial score (nSPS) is 29.1. The van der Waals surface area contributed by atoms with Crippen molar-refractivity contribution < 1.29 is 38.4 Å². The van der Waals surface area contributed by atoms with Crippen LogP contribution in [-0.4, -0.2) is 131 Å². The van der Waals surface area contributed by atoms with E-state index in [-0.39, 0.29) is 64.6 Å². The molecule has 17 nitrogen and oxygen atoms in total. The number of amides is 7. The Hall–Kier alpha value is -4.98. The second kappa shape index (κ2) is 23.3. The lowest BCUT2D eigenvalue weighted by Gasteiger charge is -2.35. The van der Waals surface area contributed by atoms with E-state index in [0.29, 0.717) is 74.0 Å². The smallest absolute Gasteiger partial charge is 0.247 e. The van der Waals surface area contributed by atoms with Crippen molar-refractivity contribution >= 4 is 70.7 Å². The summed E-state index contributed by atoms with van der Waals surface area (Å²) in [6, 6.07) is 12.5. The van der Waals surface area contributed by atoms with Gasteiger partial charge in [-0.05, 0) is 106 Å². The third kappa shape index (κ3) is 12.4. The number of Topliss-reactive ketones (excluding diaryl/α,β-unsaturated/α-hetero) is 1. The molecule has 71 heavy (non-hydrogen) atoms. The summed E-state index contributed by atoms with van der Waals surface area (Å²) in [6.07, 6.45) is 4.27. The highest BCUT2D eigenvalue weighted by molar-refractivity contribution is 8.00. The number of benzene rings is 2. The molecule has 3 aliphatic heterocycles. The third-order valence-electron chi connectivity index (χ3n) is 15.2. The minimum absolute atomic E-state index is 0.0571. The average molecular weight is 1020 g/mol. The summed E-state index contributed by atoms with van der Waals surface area (Å²) in [5.74, 6) is -2.72. The van der Waals surface area contributed by atoms with Crippen LogP contribution in [0.3, 0.4) is 0 Å². The van der Waals surface area contributed by atoms with E-state index in [1.807, 2.05) is 52.0 Å². The highest BCUT2D eigenvalue weighted by atomic mass is 32.2. The van der Waals surface area contributed by atoms with Crippen molar-refractivity contribution in [3.8, 4) is 0 Å². The van der Waals surface area contributed by atoms with Crippen molar-refractivity contribution in [2.45, 2.75) is 145 Å². The van der Waals surface area contributed by atoms with Crippen LogP contribution >= 0.6 is 23.5 Å². The number of fused-ring (bicyclic) bond motifs is 2. The predicted molar refractivity (Wildman–Crippen MR) is 274 cm³/mol. The number of carbonyl (C=O) groups is 8. The molecule has 2 saturated carbocycles. The monoisotopic (exact) mass is 1020 g/mol. The lowest BCUT2D eigenvalue weighted by Crippen LogP contribution is -2.58. The summed E-state index contributed by atoms with van der Waals surface area (Å²) in [5.41, 5.74) is -0.0137. The van der Waals surface area contributed by atoms with Crippen LogP contribution in [-0.2, 0) is 38.4 Å². The Bertz CT molecular complexity index is 2280. The molecule has 19 heteroatoms. The summed E-state index contributed by atoms with van der Waals surface area (Å²) in [4.78, 5) is 113. The maximum atomic E-state index is 14.6. The number of hydrogen-bond acceptors (Lipinski definition) is 12. The van der Waals surface area contributed by atoms with Crippen LogP contribution in [0.4, 0.5) is 0 Å². The van der Waals surface area contributed by atoms with Crippen LogP contribution in [0.15, 0.2) is 60.7 Å². The lowest BCUT2D eigenvalue weighted by molar-refractivity contribution is -0.144. The summed E-state index contributed by atoms with van der Waals surface area (Å²) in [7, 11) is 3.34. The van der Waals surface area contributed by atoms with Gasteiger partial charge in [0.2, 0.25) is 41.4 Å². The van der Waals surface area contributed by atoms with Crippen molar-refractivity contribution in [1.29, 1.82) is 0 Å². The maximum Gasteiger partial charge on any atom is 0.247 e. The van der Waals surface area contributed by atoms with E-state index >= 15 is 0 Å². The Morgan fingerprint density at radius 2 is 1.18 bits per heavy atom. The quantitative estimate of drug-likeness (QED) is 0.121. The van der Waals surface area contributed by atoms with Gasteiger partial charge in [0.15, 0.2) is 5.78 Å². The van der Waals surface area contributed by atoms with Crippen LogP contribution < -0.4 is 42.5 Å². The Kier molecular flexibility index (Phi) is 17.6. The number of rotatable bonds is 16.